The summed E-state index contributed by atoms with van der Waals surface area (Å²) in [7, 11) is 0. The van der Waals surface area contributed by atoms with Crippen LogP contribution in [0.1, 0.15) is 40.9 Å². The molecule has 5 rings (SSSR count). The van der Waals surface area contributed by atoms with Crippen LogP contribution >= 0.6 is 12.2 Å². The Hall–Kier alpha value is -4.25. The fourth-order valence-electron chi connectivity index (χ4n) is 5.13. The van der Waals surface area contributed by atoms with Gasteiger partial charge in [0.2, 0.25) is 0 Å². The Morgan fingerprint density at radius 3 is 2.18 bits per heavy atom. The number of pyridine rings is 1. The highest BCUT2D eigenvalue weighted by molar-refractivity contribution is 7.81. The van der Waals surface area contributed by atoms with Crippen LogP contribution in [0.25, 0.3) is 0 Å². The summed E-state index contributed by atoms with van der Waals surface area (Å²) in [5, 5.41) is 18.1. The largest absolute Gasteiger partial charge is 0.465 e. The van der Waals surface area contributed by atoms with E-state index in [0.29, 0.717) is 30.2 Å². The van der Waals surface area contributed by atoms with E-state index >= 15 is 0 Å². The van der Waals surface area contributed by atoms with Crippen molar-refractivity contribution in [2.75, 3.05) is 36.0 Å². The van der Waals surface area contributed by atoms with Gasteiger partial charge in [-0.15, -0.1) is 0 Å². The maximum Gasteiger partial charge on any atom is 0.419 e. The number of carbonyl (C=O) groups excluding carboxylic acids is 2. The number of amides is 3. The first-order valence-corrected chi connectivity index (χ1v) is 12.4. The summed E-state index contributed by atoms with van der Waals surface area (Å²) < 4.78 is 40.7. The fraction of sp³-hybridized carbons (Fsp3) is 0.360. The predicted octanol–water partition coefficient (Wildman–Crippen LogP) is 3.47. The van der Waals surface area contributed by atoms with Crippen molar-refractivity contribution in [3.8, 4) is 6.07 Å². The lowest BCUT2D eigenvalue weighted by molar-refractivity contribution is -0.138. The monoisotopic (exact) mass is 558 g/mol. The Balaban J connectivity index is 1.42. The van der Waals surface area contributed by atoms with Crippen LogP contribution in [0.15, 0.2) is 36.5 Å². The van der Waals surface area contributed by atoms with E-state index in [0.717, 1.165) is 17.5 Å². The number of benzene rings is 1. The number of thiocarbonyl (C=S) groups is 1. The van der Waals surface area contributed by atoms with Gasteiger partial charge < -0.3 is 19.8 Å². The van der Waals surface area contributed by atoms with Gasteiger partial charge in [0, 0.05) is 37.4 Å². The van der Waals surface area contributed by atoms with E-state index in [2.05, 4.69) is 4.98 Å². The quantitative estimate of drug-likeness (QED) is 0.569. The first-order valence-electron chi connectivity index (χ1n) is 12.0. The molecule has 3 fully saturated rings. The summed E-state index contributed by atoms with van der Waals surface area (Å²) in [6, 6.07) is 8.54. The number of hydrogen-bond acceptors (Lipinski definition) is 6. The molecule has 0 bridgehead atoms. The minimum absolute atomic E-state index is 0.0248. The van der Waals surface area contributed by atoms with Gasteiger partial charge in [-0.1, -0.05) is 0 Å². The molecule has 1 spiro atoms. The number of nitriles is 1. The second-order valence-corrected chi connectivity index (χ2v) is 9.82. The molecule has 3 amide bonds. The third-order valence-electron chi connectivity index (χ3n) is 7.35. The molecule has 3 heterocycles. The molecule has 202 valence electrons. The van der Waals surface area contributed by atoms with Crippen molar-refractivity contribution in [2.24, 2.45) is 0 Å². The van der Waals surface area contributed by atoms with Gasteiger partial charge in [-0.2, -0.15) is 18.4 Å². The van der Waals surface area contributed by atoms with Crippen LogP contribution in [0.4, 0.5) is 29.3 Å². The Bertz CT molecular complexity index is 1410. The summed E-state index contributed by atoms with van der Waals surface area (Å²) in [5.41, 5.74) is -2.44. The third-order valence-corrected chi connectivity index (χ3v) is 7.71. The first kappa shape index (κ1) is 26.4. The first-order chi connectivity index (χ1) is 18.5. The normalized spacial score (nSPS) is 18.8. The van der Waals surface area contributed by atoms with Crippen molar-refractivity contribution in [3.63, 3.8) is 0 Å². The van der Waals surface area contributed by atoms with Crippen molar-refractivity contribution in [1.82, 2.24) is 14.8 Å². The number of carboxylic acid groups (broad SMARTS) is 1. The lowest BCUT2D eigenvalue weighted by Crippen LogP contribution is -2.55. The molecule has 0 unspecified atom stereocenters. The minimum atomic E-state index is -4.85. The van der Waals surface area contributed by atoms with Crippen molar-refractivity contribution in [3.05, 3.63) is 53.3 Å². The van der Waals surface area contributed by atoms with Crippen molar-refractivity contribution in [2.45, 2.75) is 31.0 Å². The van der Waals surface area contributed by atoms with Crippen LogP contribution in [0, 0.1) is 11.3 Å². The summed E-state index contributed by atoms with van der Waals surface area (Å²) in [6.07, 6.45) is -3.27. The highest BCUT2D eigenvalue weighted by Crippen LogP contribution is 2.48. The van der Waals surface area contributed by atoms with Gasteiger partial charge in [0.25, 0.3) is 11.8 Å². The van der Waals surface area contributed by atoms with E-state index in [-0.39, 0.29) is 42.9 Å². The Kier molecular flexibility index (Phi) is 6.42. The van der Waals surface area contributed by atoms with E-state index in [1.54, 1.807) is 34.1 Å². The number of anilines is 2. The Morgan fingerprint density at radius 2 is 1.67 bits per heavy atom. The number of nitrogens with zero attached hydrogens (tertiary/aromatic N) is 6. The topological polar surface area (TPSA) is 121 Å². The van der Waals surface area contributed by atoms with Gasteiger partial charge in [0.05, 0.1) is 17.4 Å². The van der Waals surface area contributed by atoms with E-state index in [1.165, 1.54) is 11.0 Å². The average molecular weight is 559 g/mol. The zero-order valence-electron chi connectivity index (χ0n) is 20.3. The van der Waals surface area contributed by atoms with Crippen molar-refractivity contribution in [1.29, 1.82) is 5.26 Å². The molecule has 1 aromatic carbocycles. The van der Waals surface area contributed by atoms with E-state index < -0.39 is 35.0 Å². The molecule has 0 atom stereocenters. The van der Waals surface area contributed by atoms with Crippen molar-refractivity contribution < 1.29 is 32.7 Å². The highest BCUT2D eigenvalue weighted by Gasteiger charge is 2.59. The number of carbonyl (C=O) groups is 3. The molecule has 1 aliphatic carbocycles. The highest BCUT2D eigenvalue weighted by atomic mass is 32.1. The van der Waals surface area contributed by atoms with E-state index in [4.69, 9.17) is 22.6 Å². The number of hydrogen-bond donors (Lipinski definition) is 1. The predicted molar refractivity (Wildman–Crippen MR) is 135 cm³/mol. The zero-order chi connectivity index (χ0) is 28.1. The second kappa shape index (κ2) is 9.49. The zero-order valence-corrected chi connectivity index (χ0v) is 21.1. The number of alkyl halides is 3. The van der Waals surface area contributed by atoms with Crippen LogP contribution < -0.4 is 9.80 Å². The molecule has 2 saturated heterocycles. The number of rotatable bonds is 3. The van der Waals surface area contributed by atoms with E-state index in [1.807, 2.05) is 0 Å². The average Bonchev–Trinajstić information content (AvgIpc) is 3.14. The molecule has 2 aliphatic heterocycles. The molecule has 10 nitrogen and oxygen atoms in total. The maximum atomic E-state index is 13.6. The third kappa shape index (κ3) is 4.32. The van der Waals surface area contributed by atoms with Crippen LogP contribution in [-0.2, 0) is 11.0 Å². The van der Waals surface area contributed by atoms with Gasteiger partial charge in [-0.3, -0.25) is 14.5 Å². The van der Waals surface area contributed by atoms with Gasteiger partial charge in [-0.25, -0.2) is 9.78 Å². The minimum Gasteiger partial charge on any atom is -0.465 e. The molecule has 1 aromatic heterocycles. The van der Waals surface area contributed by atoms with Gasteiger partial charge in [-0.05, 0) is 61.8 Å². The Labute approximate surface area is 225 Å². The van der Waals surface area contributed by atoms with Crippen LogP contribution in [-0.4, -0.2) is 74.6 Å². The molecule has 1 saturated carbocycles. The number of halogens is 3. The maximum absolute atomic E-state index is 13.6. The summed E-state index contributed by atoms with van der Waals surface area (Å²) >= 11 is 5.60. The summed E-state index contributed by atoms with van der Waals surface area (Å²) in [6.45, 7) is 0.937. The fourth-order valence-corrected chi connectivity index (χ4v) is 5.59. The molecule has 2 aromatic rings. The van der Waals surface area contributed by atoms with Crippen LogP contribution in [0.3, 0.4) is 0 Å². The Morgan fingerprint density at radius 1 is 1.05 bits per heavy atom. The lowest BCUT2D eigenvalue weighted by Gasteiger charge is -2.43. The molecule has 0 radical (unpaired) electrons. The molecule has 39 heavy (non-hydrogen) atoms. The summed E-state index contributed by atoms with van der Waals surface area (Å²) in [4.78, 5) is 46.7. The summed E-state index contributed by atoms with van der Waals surface area (Å²) in [5.74, 6) is -0.746. The van der Waals surface area contributed by atoms with Crippen LogP contribution in [0.2, 0.25) is 0 Å². The smallest absolute Gasteiger partial charge is 0.419 e. The molecule has 3 aliphatic rings. The number of aromatic nitrogens is 1. The van der Waals surface area contributed by atoms with Gasteiger partial charge in [0.1, 0.15) is 11.6 Å². The second-order valence-electron chi connectivity index (χ2n) is 9.45. The molecule has 14 heteroatoms. The van der Waals surface area contributed by atoms with Gasteiger partial charge in [0.15, 0.2) is 10.8 Å². The SMILES string of the molecule is N#Cc1ncc(N2C(=O)C3(CCC3)N(c3ccc(C(=O)N4CCN(C(=O)O)CC4)cc3)C2=S)cc1C(F)(F)F. The van der Waals surface area contributed by atoms with E-state index in [9.17, 15) is 27.6 Å². The lowest BCUT2D eigenvalue weighted by atomic mass is 9.75. The standard InChI is InChI=1S/C25H21F3N6O4S/c26-25(27,28)18-12-17(14-30-19(18)13-29)33-21(36)24(6-1-7-24)34(22(33)39)16-4-2-15(3-5-16)20(35)31-8-10-32(11-9-31)23(37)38/h2-5,12,14H,1,6-11H2,(H,37,38). The molecular formula is C25H21F3N6O4S. The van der Waals surface area contributed by atoms with Crippen molar-refractivity contribution >= 4 is 46.6 Å². The molecule has 1 N–H and O–H groups in total. The van der Waals surface area contributed by atoms with Gasteiger partial charge >= 0.3 is 12.3 Å². The van der Waals surface area contributed by atoms with Crippen LogP contribution in [0.5, 0.6) is 0 Å². The number of piperazine rings is 1. The molecular weight excluding hydrogens is 537 g/mol.